The molecule has 1 saturated heterocycles. The molecule has 1 aromatic heterocycles. The predicted octanol–water partition coefficient (Wildman–Crippen LogP) is 3.63. The Labute approximate surface area is 164 Å². The number of aryl methyl sites for hydroxylation is 1. The van der Waals surface area contributed by atoms with Crippen LogP contribution >= 0.6 is 23.2 Å². The lowest BCUT2D eigenvalue weighted by atomic mass is 9.96. The highest BCUT2D eigenvalue weighted by atomic mass is 35.5. The van der Waals surface area contributed by atoms with Crippen LogP contribution in [0.4, 0.5) is 5.69 Å². The van der Waals surface area contributed by atoms with Crippen molar-refractivity contribution in [3.63, 3.8) is 0 Å². The highest BCUT2D eigenvalue weighted by Gasteiger charge is 2.21. The van der Waals surface area contributed by atoms with Gasteiger partial charge in [0.2, 0.25) is 0 Å². The number of likely N-dealkylation sites (tertiary alicyclic amines) is 1. The molecule has 0 radical (unpaired) electrons. The third-order valence-electron chi connectivity index (χ3n) is 5.08. The van der Waals surface area contributed by atoms with E-state index in [0.717, 1.165) is 38.0 Å². The summed E-state index contributed by atoms with van der Waals surface area (Å²) in [5.74, 6) is 0.602. The summed E-state index contributed by atoms with van der Waals surface area (Å²) in [6, 6.07) is 5.40. The van der Waals surface area contributed by atoms with Gasteiger partial charge < -0.3 is 9.80 Å². The van der Waals surface area contributed by atoms with E-state index in [0.29, 0.717) is 22.3 Å². The Balaban J connectivity index is 1.82. The Hall–Kier alpha value is -1.56. The maximum Gasteiger partial charge on any atom is 0.292 e. The average Bonchev–Trinajstić information content (AvgIpc) is 2.61. The molecule has 3 rings (SSSR count). The molecule has 0 saturated carbocycles. The SMILES string of the molecule is Cc1ccc(-n2ncc(N(C)CC3CCN(C)CC3)c(Cl)c2=O)cc1Cl. The van der Waals surface area contributed by atoms with Gasteiger partial charge in [-0.3, -0.25) is 4.79 Å². The monoisotopic (exact) mass is 394 g/mol. The zero-order valence-corrected chi connectivity index (χ0v) is 16.9. The van der Waals surface area contributed by atoms with Gasteiger partial charge in [0.25, 0.3) is 5.56 Å². The molecule has 1 aliphatic rings. The molecule has 1 aliphatic heterocycles. The van der Waals surface area contributed by atoms with Gasteiger partial charge in [-0.15, -0.1) is 0 Å². The van der Waals surface area contributed by atoms with Crippen molar-refractivity contribution in [3.05, 3.63) is 50.4 Å². The summed E-state index contributed by atoms with van der Waals surface area (Å²) in [6.45, 7) is 5.01. The molecule has 0 N–H and O–H groups in total. The fraction of sp³-hybridized carbons (Fsp3) is 0.474. The molecule has 0 aliphatic carbocycles. The molecule has 0 unspecified atom stereocenters. The summed E-state index contributed by atoms with van der Waals surface area (Å²) < 4.78 is 1.29. The first-order valence-electron chi connectivity index (χ1n) is 8.81. The summed E-state index contributed by atoms with van der Waals surface area (Å²) in [7, 11) is 4.12. The van der Waals surface area contributed by atoms with Gasteiger partial charge in [0.05, 0.1) is 17.6 Å². The Morgan fingerprint density at radius 1 is 1.27 bits per heavy atom. The van der Waals surface area contributed by atoms with E-state index < -0.39 is 0 Å². The summed E-state index contributed by atoms with van der Waals surface area (Å²) in [6.07, 6.45) is 3.97. The van der Waals surface area contributed by atoms with Gasteiger partial charge in [0.15, 0.2) is 0 Å². The molecule has 0 bridgehead atoms. The number of rotatable bonds is 4. The van der Waals surface area contributed by atoms with Gasteiger partial charge in [0.1, 0.15) is 5.02 Å². The van der Waals surface area contributed by atoms with Crippen LogP contribution in [0, 0.1) is 12.8 Å². The number of piperidine rings is 1. The van der Waals surface area contributed by atoms with Crippen LogP contribution in [0.5, 0.6) is 0 Å². The highest BCUT2D eigenvalue weighted by molar-refractivity contribution is 6.33. The van der Waals surface area contributed by atoms with Gasteiger partial charge >= 0.3 is 0 Å². The number of benzene rings is 1. The van der Waals surface area contributed by atoms with Crippen molar-refractivity contribution in [2.75, 3.05) is 38.6 Å². The molecule has 26 heavy (non-hydrogen) atoms. The first-order chi connectivity index (χ1) is 12.4. The standard InChI is InChI=1S/C19H24Cl2N4O/c1-13-4-5-15(10-16(13)20)25-19(26)18(21)17(11-22-25)24(3)12-14-6-8-23(2)9-7-14/h4-5,10-11,14H,6-9,12H2,1-3H3. The lowest BCUT2D eigenvalue weighted by Gasteiger charge is -2.32. The number of halogens is 2. The van der Waals surface area contributed by atoms with Gasteiger partial charge in [-0.25, -0.2) is 0 Å². The zero-order valence-electron chi connectivity index (χ0n) is 15.4. The molecule has 0 spiro atoms. The lowest BCUT2D eigenvalue weighted by molar-refractivity contribution is 0.222. The van der Waals surface area contributed by atoms with Gasteiger partial charge in [0, 0.05) is 18.6 Å². The number of hydrogen-bond acceptors (Lipinski definition) is 4. The van der Waals surface area contributed by atoms with Gasteiger partial charge in [-0.2, -0.15) is 9.78 Å². The lowest BCUT2D eigenvalue weighted by Crippen LogP contribution is -2.36. The minimum absolute atomic E-state index is 0.187. The summed E-state index contributed by atoms with van der Waals surface area (Å²) in [4.78, 5) is 17.1. The molecule has 2 aromatic rings. The molecule has 5 nitrogen and oxygen atoms in total. The quantitative estimate of drug-likeness (QED) is 0.793. The molecule has 0 amide bonds. The molecule has 7 heteroatoms. The molecular formula is C19H24Cl2N4O. The van der Waals surface area contributed by atoms with Crippen molar-refractivity contribution in [2.24, 2.45) is 5.92 Å². The molecule has 1 fully saturated rings. The molecule has 1 aromatic carbocycles. The Bertz CT molecular complexity index is 844. The topological polar surface area (TPSA) is 41.4 Å². The normalized spacial score (nSPS) is 16.0. The predicted molar refractivity (Wildman–Crippen MR) is 108 cm³/mol. The molecule has 0 atom stereocenters. The minimum atomic E-state index is -0.334. The Morgan fingerprint density at radius 3 is 2.62 bits per heavy atom. The third kappa shape index (κ3) is 4.05. The maximum absolute atomic E-state index is 12.7. The maximum atomic E-state index is 12.7. The van der Waals surface area contributed by atoms with Crippen molar-refractivity contribution >= 4 is 28.9 Å². The average molecular weight is 395 g/mol. The van der Waals surface area contributed by atoms with Crippen molar-refractivity contribution in [2.45, 2.75) is 19.8 Å². The first-order valence-corrected chi connectivity index (χ1v) is 9.56. The fourth-order valence-corrected chi connectivity index (χ4v) is 3.77. The van der Waals surface area contributed by atoms with E-state index in [-0.39, 0.29) is 10.6 Å². The van der Waals surface area contributed by atoms with Crippen molar-refractivity contribution < 1.29 is 0 Å². The van der Waals surface area contributed by atoms with E-state index in [9.17, 15) is 4.79 Å². The number of hydrogen-bond donors (Lipinski definition) is 0. The van der Waals surface area contributed by atoms with Crippen LogP contribution in [0.2, 0.25) is 10.0 Å². The van der Waals surface area contributed by atoms with Crippen LogP contribution in [-0.4, -0.2) is 48.4 Å². The minimum Gasteiger partial charge on any atom is -0.372 e. The van der Waals surface area contributed by atoms with E-state index in [4.69, 9.17) is 23.2 Å². The van der Waals surface area contributed by atoms with E-state index in [1.165, 1.54) is 4.68 Å². The van der Waals surface area contributed by atoms with Crippen LogP contribution in [0.25, 0.3) is 5.69 Å². The second kappa shape index (κ2) is 7.99. The van der Waals surface area contributed by atoms with Gasteiger partial charge in [-0.1, -0.05) is 29.3 Å². The first kappa shape index (κ1) is 19.2. The second-order valence-electron chi connectivity index (χ2n) is 7.12. The summed E-state index contributed by atoms with van der Waals surface area (Å²) in [5.41, 5.74) is 1.89. The van der Waals surface area contributed by atoms with Crippen molar-refractivity contribution in [1.82, 2.24) is 14.7 Å². The third-order valence-corrected chi connectivity index (χ3v) is 5.84. The largest absolute Gasteiger partial charge is 0.372 e. The number of nitrogens with zero attached hydrogens (tertiary/aromatic N) is 4. The fourth-order valence-electron chi connectivity index (χ4n) is 3.32. The van der Waals surface area contributed by atoms with E-state index >= 15 is 0 Å². The zero-order chi connectivity index (χ0) is 18.8. The Morgan fingerprint density at radius 2 is 1.96 bits per heavy atom. The van der Waals surface area contributed by atoms with Crippen molar-refractivity contribution in [1.29, 1.82) is 0 Å². The summed E-state index contributed by atoms with van der Waals surface area (Å²) in [5, 5.41) is 5.10. The number of aromatic nitrogens is 2. The molecular weight excluding hydrogens is 371 g/mol. The van der Waals surface area contributed by atoms with Crippen LogP contribution in [-0.2, 0) is 0 Å². The highest BCUT2D eigenvalue weighted by Crippen LogP contribution is 2.25. The Kier molecular flexibility index (Phi) is 5.90. The van der Waals surface area contributed by atoms with E-state index in [2.05, 4.69) is 17.0 Å². The van der Waals surface area contributed by atoms with Crippen molar-refractivity contribution in [3.8, 4) is 5.69 Å². The van der Waals surface area contributed by atoms with Crippen LogP contribution in [0.3, 0.4) is 0 Å². The van der Waals surface area contributed by atoms with E-state index in [1.54, 1.807) is 12.3 Å². The summed E-state index contributed by atoms with van der Waals surface area (Å²) >= 11 is 12.6. The molecule has 140 valence electrons. The van der Waals surface area contributed by atoms with Crippen LogP contribution < -0.4 is 10.5 Å². The second-order valence-corrected chi connectivity index (χ2v) is 7.91. The van der Waals surface area contributed by atoms with Gasteiger partial charge in [-0.05, 0) is 63.5 Å². The number of anilines is 1. The van der Waals surface area contributed by atoms with Crippen LogP contribution in [0.15, 0.2) is 29.2 Å². The van der Waals surface area contributed by atoms with E-state index in [1.807, 2.05) is 31.0 Å². The molecule has 2 heterocycles. The van der Waals surface area contributed by atoms with Crippen LogP contribution in [0.1, 0.15) is 18.4 Å². The smallest absolute Gasteiger partial charge is 0.292 e.